The Bertz CT molecular complexity index is 245. The summed E-state index contributed by atoms with van der Waals surface area (Å²) >= 11 is 0. The van der Waals surface area contributed by atoms with Crippen LogP contribution in [0.2, 0.25) is 0 Å². The van der Waals surface area contributed by atoms with Gasteiger partial charge >= 0.3 is 0 Å². The number of nitrogens with zero attached hydrogens (tertiary/aromatic N) is 1. The zero-order chi connectivity index (χ0) is 13.0. The molecule has 2 fully saturated rings. The zero-order valence-corrected chi connectivity index (χ0v) is 12.3. The predicted octanol–water partition coefficient (Wildman–Crippen LogP) is 1.98. The van der Waals surface area contributed by atoms with Crippen LogP contribution in [-0.4, -0.2) is 50.3 Å². The van der Waals surface area contributed by atoms with Gasteiger partial charge in [0.05, 0.1) is 13.2 Å². The van der Waals surface area contributed by atoms with Crippen molar-refractivity contribution < 1.29 is 4.74 Å². The van der Waals surface area contributed by atoms with Crippen molar-refractivity contribution in [3.8, 4) is 0 Å². The summed E-state index contributed by atoms with van der Waals surface area (Å²) in [5, 5.41) is 3.64. The number of nitrogens with one attached hydrogen (secondary N) is 1. The second kappa shape index (κ2) is 6.88. The van der Waals surface area contributed by atoms with Gasteiger partial charge in [-0.05, 0) is 37.8 Å². The van der Waals surface area contributed by atoms with Gasteiger partial charge in [-0.3, -0.25) is 0 Å². The lowest BCUT2D eigenvalue weighted by molar-refractivity contribution is 0.171. The van der Waals surface area contributed by atoms with Gasteiger partial charge in [0.2, 0.25) is 0 Å². The van der Waals surface area contributed by atoms with Crippen molar-refractivity contribution in [3.63, 3.8) is 0 Å². The van der Waals surface area contributed by atoms with Crippen molar-refractivity contribution in [2.45, 2.75) is 39.7 Å². The van der Waals surface area contributed by atoms with Gasteiger partial charge in [-0.25, -0.2) is 0 Å². The third kappa shape index (κ3) is 3.69. The smallest absolute Gasteiger partial charge is 0.0623 e. The molecule has 2 aliphatic rings. The van der Waals surface area contributed by atoms with E-state index in [1.165, 1.54) is 32.5 Å². The van der Waals surface area contributed by atoms with Gasteiger partial charge in [-0.2, -0.15) is 0 Å². The molecule has 0 amide bonds. The zero-order valence-electron chi connectivity index (χ0n) is 12.3. The Labute approximate surface area is 112 Å². The van der Waals surface area contributed by atoms with Gasteiger partial charge in [0, 0.05) is 25.0 Å². The molecule has 0 radical (unpaired) electrons. The van der Waals surface area contributed by atoms with E-state index in [9.17, 15) is 0 Å². The van der Waals surface area contributed by atoms with E-state index in [-0.39, 0.29) is 0 Å². The molecule has 3 atom stereocenters. The van der Waals surface area contributed by atoms with Crippen molar-refractivity contribution in [1.82, 2.24) is 10.2 Å². The molecule has 1 N–H and O–H groups in total. The highest BCUT2D eigenvalue weighted by Crippen LogP contribution is 2.25. The van der Waals surface area contributed by atoms with Crippen molar-refractivity contribution in [3.05, 3.63) is 0 Å². The monoisotopic (exact) mass is 254 g/mol. The highest BCUT2D eigenvalue weighted by Gasteiger charge is 2.32. The van der Waals surface area contributed by atoms with Crippen LogP contribution in [0.1, 0.15) is 33.6 Å². The molecule has 3 nitrogen and oxygen atoms in total. The molecule has 0 aromatic carbocycles. The Morgan fingerprint density at radius 1 is 1.33 bits per heavy atom. The highest BCUT2D eigenvalue weighted by molar-refractivity contribution is 4.86. The van der Waals surface area contributed by atoms with E-state index in [1.54, 1.807) is 0 Å². The van der Waals surface area contributed by atoms with Crippen LogP contribution >= 0.6 is 0 Å². The third-order valence-corrected chi connectivity index (χ3v) is 4.60. The molecule has 2 saturated heterocycles. The van der Waals surface area contributed by atoms with Gasteiger partial charge in [-0.1, -0.05) is 20.8 Å². The van der Waals surface area contributed by atoms with Crippen LogP contribution in [0.15, 0.2) is 0 Å². The van der Waals surface area contributed by atoms with Crippen molar-refractivity contribution in [2.24, 2.45) is 17.8 Å². The number of hydrogen-bond donors (Lipinski definition) is 1. The van der Waals surface area contributed by atoms with E-state index in [0.717, 1.165) is 31.6 Å². The topological polar surface area (TPSA) is 24.5 Å². The van der Waals surface area contributed by atoms with Crippen molar-refractivity contribution >= 4 is 0 Å². The average molecular weight is 254 g/mol. The molecular formula is C15H30N2O. The van der Waals surface area contributed by atoms with E-state index in [0.29, 0.717) is 12.0 Å². The molecule has 0 saturated carbocycles. The largest absolute Gasteiger partial charge is 0.379 e. The van der Waals surface area contributed by atoms with Crippen molar-refractivity contribution in [1.29, 1.82) is 0 Å². The molecule has 0 bridgehead atoms. The van der Waals surface area contributed by atoms with Crippen LogP contribution < -0.4 is 5.32 Å². The second-order valence-corrected chi connectivity index (χ2v) is 6.41. The van der Waals surface area contributed by atoms with E-state index < -0.39 is 0 Å². The van der Waals surface area contributed by atoms with E-state index in [2.05, 4.69) is 31.0 Å². The van der Waals surface area contributed by atoms with Gasteiger partial charge in [0.25, 0.3) is 0 Å². The standard InChI is InChI=1S/C15H30N2O/c1-4-6-16-15-11-18-10-14(15)9-17-7-5-13(8-17)12(2)3/h12-16H,4-11H2,1-3H3. The summed E-state index contributed by atoms with van der Waals surface area (Å²) in [5.74, 6) is 2.45. The molecule has 3 heteroatoms. The average Bonchev–Trinajstić information content (AvgIpc) is 2.96. The number of hydrogen-bond acceptors (Lipinski definition) is 3. The number of rotatable bonds is 6. The minimum Gasteiger partial charge on any atom is -0.379 e. The summed E-state index contributed by atoms with van der Waals surface area (Å²) in [6, 6.07) is 0.586. The van der Waals surface area contributed by atoms with Crippen LogP contribution in [-0.2, 0) is 4.74 Å². The van der Waals surface area contributed by atoms with E-state index in [1.807, 2.05) is 0 Å². The molecule has 0 spiro atoms. The first kappa shape index (κ1) is 14.3. The van der Waals surface area contributed by atoms with Crippen LogP contribution in [0.3, 0.4) is 0 Å². The van der Waals surface area contributed by atoms with Crippen LogP contribution in [0.25, 0.3) is 0 Å². The Hall–Kier alpha value is -0.120. The lowest BCUT2D eigenvalue weighted by atomic mass is 9.95. The number of likely N-dealkylation sites (tertiary alicyclic amines) is 1. The Morgan fingerprint density at radius 2 is 2.17 bits per heavy atom. The van der Waals surface area contributed by atoms with Crippen molar-refractivity contribution in [2.75, 3.05) is 39.4 Å². The first-order chi connectivity index (χ1) is 8.70. The molecule has 106 valence electrons. The fourth-order valence-electron chi connectivity index (χ4n) is 3.24. The summed E-state index contributed by atoms with van der Waals surface area (Å²) in [6.45, 7) is 13.7. The second-order valence-electron chi connectivity index (χ2n) is 6.41. The minimum atomic E-state index is 0.586. The predicted molar refractivity (Wildman–Crippen MR) is 75.8 cm³/mol. The lowest BCUT2D eigenvalue weighted by Gasteiger charge is -2.25. The van der Waals surface area contributed by atoms with Gasteiger partial charge in [0.15, 0.2) is 0 Å². The van der Waals surface area contributed by atoms with E-state index in [4.69, 9.17) is 4.74 Å². The van der Waals surface area contributed by atoms with Gasteiger partial charge < -0.3 is 15.0 Å². The van der Waals surface area contributed by atoms with E-state index >= 15 is 0 Å². The molecule has 0 aliphatic carbocycles. The first-order valence-electron chi connectivity index (χ1n) is 7.74. The molecule has 2 aliphatic heterocycles. The molecule has 2 heterocycles. The van der Waals surface area contributed by atoms with Gasteiger partial charge in [0.1, 0.15) is 0 Å². The molecule has 18 heavy (non-hydrogen) atoms. The first-order valence-corrected chi connectivity index (χ1v) is 7.74. The fourth-order valence-corrected chi connectivity index (χ4v) is 3.24. The summed E-state index contributed by atoms with van der Waals surface area (Å²) in [4.78, 5) is 2.66. The Morgan fingerprint density at radius 3 is 2.83 bits per heavy atom. The summed E-state index contributed by atoms with van der Waals surface area (Å²) in [7, 11) is 0. The van der Waals surface area contributed by atoms with Crippen LogP contribution in [0.4, 0.5) is 0 Å². The summed E-state index contributed by atoms with van der Waals surface area (Å²) in [5.41, 5.74) is 0. The maximum atomic E-state index is 5.66. The maximum Gasteiger partial charge on any atom is 0.0623 e. The quantitative estimate of drug-likeness (QED) is 0.784. The lowest BCUT2D eigenvalue weighted by Crippen LogP contribution is -2.41. The van der Waals surface area contributed by atoms with Crippen LogP contribution in [0.5, 0.6) is 0 Å². The highest BCUT2D eigenvalue weighted by atomic mass is 16.5. The Kier molecular flexibility index (Phi) is 5.46. The van der Waals surface area contributed by atoms with Crippen LogP contribution in [0, 0.1) is 17.8 Å². The minimum absolute atomic E-state index is 0.586. The summed E-state index contributed by atoms with van der Waals surface area (Å²) < 4.78 is 5.66. The molecule has 0 aromatic rings. The molecule has 0 aromatic heterocycles. The normalized spacial score (nSPS) is 33.7. The Balaban J connectivity index is 1.75. The maximum absolute atomic E-state index is 5.66. The molecule has 2 rings (SSSR count). The SMILES string of the molecule is CCCNC1COCC1CN1CCC(C(C)C)C1. The molecule has 3 unspecified atom stereocenters. The molecular weight excluding hydrogens is 224 g/mol. The fraction of sp³-hybridized carbons (Fsp3) is 1.00. The number of ether oxygens (including phenoxy) is 1. The summed E-state index contributed by atoms with van der Waals surface area (Å²) in [6.07, 6.45) is 2.60. The third-order valence-electron chi connectivity index (χ3n) is 4.60. The van der Waals surface area contributed by atoms with Gasteiger partial charge in [-0.15, -0.1) is 0 Å².